The summed E-state index contributed by atoms with van der Waals surface area (Å²) in [6.45, 7) is 5.82. The van der Waals surface area contributed by atoms with Crippen LogP contribution in [0.5, 0.6) is 5.75 Å². The molecule has 0 saturated carbocycles. The van der Waals surface area contributed by atoms with Gasteiger partial charge in [0, 0.05) is 31.4 Å². The highest BCUT2D eigenvalue weighted by atomic mass is 79.9. The summed E-state index contributed by atoms with van der Waals surface area (Å²) >= 11 is 3.51. The quantitative estimate of drug-likeness (QED) is 0.540. The van der Waals surface area contributed by atoms with Crippen LogP contribution in [0.4, 0.5) is 14.6 Å². The molecule has 0 spiro atoms. The fraction of sp³-hybridized carbons (Fsp3) is 0.458. The van der Waals surface area contributed by atoms with Crippen LogP contribution in [0, 0.1) is 6.92 Å². The van der Waals surface area contributed by atoms with Gasteiger partial charge < -0.3 is 19.5 Å². The first-order valence-corrected chi connectivity index (χ1v) is 12.2. The van der Waals surface area contributed by atoms with Gasteiger partial charge in [0.2, 0.25) is 0 Å². The molecule has 7 nitrogen and oxygen atoms in total. The first kappa shape index (κ1) is 21.9. The maximum absolute atomic E-state index is 14.2. The van der Waals surface area contributed by atoms with Gasteiger partial charge in [-0.25, -0.2) is 9.97 Å². The summed E-state index contributed by atoms with van der Waals surface area (Å²) in [5.41, 5.74) is 0.761. The number of aromatic nitrogens is 3. The van der Waals surface area contributed by atoms with Gasteiger partial charge in [0.15, 0.2) is 6.61 Å². The van der Waals surface area contributed by atoms with Crippen molar-refractivity contribution < 1.29 is 13.5 Å². The average Bonchev–Trinajstić information content (AvgIpc) is 3.50. The molecule has 1 N–H and O–H groups in total. The molecule has 34 heavy (non-hydrogen) atoms. The maximum atomic E-state index is 14.2. The number of halogens is 3. The Morgan fingerprint density at radius 2 is 2.00 bits per heavy atom. The number of para-hydroxylation sites is 1. The molecule has 10 heteroatoms. The molecule has 2 saturated heterocycles. The first-order valence-electron chi connectivity index (χ1n) is 11.4. The number of hydrogen-bond acceptors (Lipinski definition) is 6. The fourth-order valence-electron chi connectivity index (χ4n) is 5.62. The van der Waals surface area contributed by atoms with Gasteiger partial charge in [-0.15, -0.1) is 0 Å². The molecule has 0 amide bonds. The van der Waals surface area contributed by atoms with Gasteiger partial charge in [-0.2, -0.15) is 8.78 Å². The van der Waals surface area contributed by atoms with Crippen LogP contribution in [0.25, 0.3) is 10.9 Å². The van der Waals surface area contributed by atoms with E-state index in [-0.39, 0.29) is 28.5 Å². The van der Waals surface area contributed by atoms with Gasteiger partial charge in [0.25, 0.3) is 5.56 Å². The van der Waals surface area contributed by atoms with E-state index in [2.05, 4.69) is 36.1 Å². The molecule has 1 aromatic carbocycles. The van der Waals surface area contributed by atoms with Crippen LogP contribution < -0.4 is 15.6 Å². The van der Waals surface area contributed by atoms with E-state index in [0.29, 0.717) is 32.6 Å². The number of ether oxygens (including phenoxy) is 1. The number of hydrogen-bond donors (Lipinski definition) is 1. The molecular weight excluding hydrogens is 508 g/mol. The molecule has 3 aliphatic heterocycles. The van der Waals surface area contributed by atoms with Gasteiger partial charge in [-0.1, -0.05) is 12.1 Å². The summed E-state index contributed by atoms with van der Waals surface area (Å²) in [6.07, 6.45) is 3.72. The molecular formula is C24H24BrF2N5O2. The molecule has 5 heterocycles. The van der Waals surface area contributed by atoms with E-state index < -0.39 is 12.5 Å². The van der Waals surface area contributed by atoms with Crippen molar-refractivity contribution >= 4 is 32.7 Å². The van der Waals surface area contributed by atoms with E-state index in [1.54, 1.807) is 19.1 Å². The number of piperidine rings is 1. The van der Waals surface area contributed by atoms with Crippen LogP contribution in [-0.4, -0.2) is 45.7 Å². The number of benzene rings is 1. The molecule has 2 fully saturated rings. The highest BCUT2D eigenvalue weighted by Gasteiger charge is 2.46. The lowest BCUT2D eigenvalue weighted by Gasteiger charge is -2.29. The molecule has 1 atom stereocenters. The van der Waals surface area contributed by atoms with Crippen molar-refractivity contribution in [1.29, 1.82) is 0 Å². The summed E-state index contributed by atoms with van der Waals surface area (Å²) in [4.78, 5) is 24.9. The maximum Gasteiger partial charge on any atom is 0.310 e. The Balaban J connectivity index is 1.46. The second kappa shape index (κ2) is 7.45. The Hall–Kier alpha value is -2.59. The van der Waals surface area contributed by atoms with E-state index in [0.717, 1.165) is 32.5 Å². The number of aryl methyl sites for hydroxylation is 1. The zero-order chi connectivity index (χ0) is 23.8. The van der Waals surface area contributed by atoms with Crippen LogP contribution in [-0.2, 0) is 11.5 Å². The van der Waals surface area contributed by atoms with Crippen molar-refractivity contribution in [3.63, 3.8) is 0 Å². The summed E-state index contributed by atoms with van der Waals surface area (Å²) in [5.74, 6) is -1.72. The summed E-state index contributed by atoms with van der Waals surface area (Å²) in [7, 11) is 0. The molecule has 2 aromatic heterocycles. The molecule has 3 aliphatic rings. The van der Waals surface area contributed by atoms with E-state index in [4.69, 9.17) is 4.74 Å². The van der Waals surface area contributed by atoms with Gasteiger partial charge in [-0.05, 0) is 48.7 Å². The number of pyridine rings is 1. The van der Waals surface area contributed by atoms with Crippen LogP contribution in [0.3, 0.4) is 0 Å². The van der Waals surface area contributed by atoms with E-state index >= 15 is 0 Å². The highest BCUT2D eigenvalue weighted by Crippen LogP contribution is 2.45. The first-order chi connectivity index (χ1) is 16.2. The number of nitrogens with zero attached hydrogens (tertiary/aromatic N) is 4. The standard InChI is InChI=1S/C24H24BrF2N5O2/c1-13(15-4-3-5-17-20(15)34-12-24(17,26)27)28-21-16-10-32(23-6-8-31(11-23)9-7-23)22(33)18(25)19(16)29-14(2)30-21/h3-5,10,13H,6-9,11-12H2,1-2H3,(H,28,29,30)/t13-/m1/s1. The molecule has 3 aromatic rings. The van der Waals surface area contributed by atoms with Crippen LogP contribution in [0.15, 0.2) is 33.7 Å². The monoisotopic (exact) mass is 531 g/mol. The molecule has 0 radical (unpaired) electrons. The van der Waals surface area contributed by atoms with Crippen molar-refractivity contribution in [2.75, 3.05) is 31.6 Å². The fourth-order valence-corrected chi connectivity index (χ4v) is 6.11. The second-order valence-electron chi connectivity index (χ2n) is 9.58. The van der Waals surface area contributed by atoms with E-state index in [9.17, 15) is 13.6 Å². The lowest BCUT2D eigenvalue weighted by Crippen LogP contribution is -2.40. The van der Waals surface area contributed by atoms with E-state index in [1.807, 2.05) is 17.7 Å². The van der Waals surface area contributed by atoms with Gasteiger partial charge in [0.1, 0.15) is 21.9 Å². The van der Waals surface area contributed by atoms with Crippen molar-refractivity contribution in [3.8, 4) is 5.75 Å². The normalized spacial score (nSPS) is 25.4. The summed E-state index contributed by atoms with van der Waals surface area (Å²) in [5, 5.41) is 4.09. The third-order valence-electron chi connectivity index (χ3n) is 7.40. The number of anilines is 1. The molecule has 6 rings (SSSR count). The Morgan fingerprint density at radius 3 is 2.71 bits per heavy atom. The zero-order valence-electron chi connectivity index (χ0n) is 18.9. The predicted octanol–water partition coefficient (Wildman–Crippen LogP) is 4.32. The summed E-state index contributed by atoms with van der Waals surface area (Å²) < 4.78 is 36.1. The van der Waals surface area contributed by atoms with Crippen LogP contribution in [0.1, 0.15) is 42.8 Å². The molecule has 0 unspecified atom stereocenters. The number of nitrogens with one attached hydrogen (secondary N) is 1. The van der Waals surface area contributed by atoms with Crippen molar-refractivity contribution in [2.45, 2.75) is 44.2 Å². The van der Waals surface area contributed by atoms with Crippen molar-refractivity contribution in [2.24, 2.45) is 0 Å². The Bertz CT molecular complexity index is 1380. The Morgan fingerprint density at radius 1 is 1.24 bits per heavy atom. The minimum Gasteiger partial charge on any atom is -0.486 e. The Labute approximate surface area is 203 Å². The van der Waals surface area contributed by atoms with Crippen molar-refractivity contribution in [3.05, 3.63) is 56.2 Å². The molecule has 178 valence electrons. The average molecular weight is 532 g/mol. The van der Waals surface area contributed by atoms with Crippen LogP contribution >= 0.6 is 15.9 Å². The number of alkyl halides is 2. The van der Waals surface area contributed by atoms with Crippen molar-refractivity contribution in [1.82, 2.24) is 19.4 Å². The molecule has 0 aliphatic carbocycles. The third-order valence-corrected chi connectivity index (χ3v) is 8.12. The van der Waals surface area contributed by atoms with Gasteiger partial charge >= 0.3 is 5.92 Å². The lowest BCUT2D eigenvalue weighted by atomic mass is 9.94. The topological polar surface area (TPSA) is 72.3 Å². The van der Waals surface area contributed by atoms with E-state index in [1.165, 1.54) is 6.07 Å². The largest absolute Gasteiger partial charge is 0.486 e. The zero-order valence-corrected chi connectivity index (χ0v) is 20.5. The lowest BCUT2D eigenvalue weighted by molar-refractivity contribution is -0.0214. The second-order valence-corrected chi connectivity index (χ2v) is 10.4. The highest BCUT2D eigenvalue weighted by molar-refractivity contribution is 9.10. The minimum absolute atomic E-state index is 0.0925. The number of rotatable bonds is 4. The SMILES string of the molecule is Cc1nc(N[C@H](C)c2cccc3c2OCC3(F)F)c2cn(C34CCN(CC3)C4)c(=O)c(Br)c2n1. The molecule has 2 bridgehead atoms. The van der Waals surface area contributed by atoms with Crippen LogP contribution in [0.2, 0.25) is 0 Å². The Kier molecular flexibility index (Phi) is 4.80. The summed E-state index contributed by atoms with van der Waals surface area (Å²) in [6, 6.07) is 4.44. The minimum atomic E-state index is -3.00. The van der Waals surface area contributed by atoms with Gasteiger partial charge in [-0.3, -0.25) is 4.79 Å². The predicted molar refractivity (Wildman–Crippen MR) is 128 cm³/mol. The third kappa shape index (κ3) is 3.18. The van der Waals surface area contributed by atoms with Gasteiger partial charge in [0.05, 0.1) is 28.0 Å². The number of fused-ring (bicyclic) bond motifs is 4. The smallest absolute Gasteiger partial charge is 0.310 e.